The van der Waals surface area contributed by atoms with Crippen LogP contribution in [0.5, 0.6) is 5.75 Å². The summed E-state index contributed by atoms with van der Waals surface area (Å²) in [7, 11) is 1.61. The van der Waals surface area contributed by atoms with Crippen molar-refractivity contribution in [2.75, 3.05) is 17.7 Å². The Morgan fingerprint density at radius 1 is 1.00 bits per heavy atom. The van der Waals surface area contributed by atoms with Crippen LogP contribution in [0.15, 0.2) is 48.5 Å². The summed E-state index contributed by atoms with van der Waals surface area (Å²) in [5.74, 6) is 0.957. The van der Waals surface area contributed by atoms with Crippen LogP contribution in [-0.4, -0.2) is 32.3 Å². The summed E-state index contributed by atoms with van der Waals surface area (Å²) in [4.78, 5) is 12.9. The highest BCUT2D eigenvalue weighted by Gasteiger charge is 2.14. The minimum Gasteiger partial charge on any atom is -0.497 e. The van der Waals surface area contributed by atoms with Crippen LogP contribution in [0.25, 0.3) is 11.3 Å². The standard InChI is InChI=1S/C22H21F2N7O/c1-12(17-8-7-15(23)10-18(17)24)25-21-26-13(2)27-22(29-21)28-20-11-19(30-31-20)14-5-4-6-16(9-14)32-3/h4-12H,1-3H3,(H3,25,26,27,28,29,30,31). The van der Waals surface area contributed by atoms with Crippen LogP contribution in [0.1, 0.15) is 24.4 Å². The molecule has 2 aromatic carbocycles. The third-order valence-corrected chi connectivity index (χ3v) is 4.72. The zero-order valence-corrected chi connectivity index (χ0v) is 17.6. The van der Waals surface area contributed by atoms with Gasteiger partial charge >= 0.3 is 0 Å². The third kappa shape index (κ3) is 4.80. The van der Waals surface area contributed by atoms with Gasteiger partial charge in [-0.2, -0.15) is 20.1 Å². The maximum Gasteiger partial charge on any atom is 0.233 e. The number of ether oxygens (including phenoxy) is 1. The molecule has 1 unspecified atom stereocenters. The van der Waals surface area contributed by atoms with E-state index < -0.39 is 17.7 Å². The van der Waals surface area contributed by atoms with Gasteiger partial charge in [-0.05, 0) is 32.0 Å². The highest BCUT2D eigenvalue weighted by molar-refractivity contribution is 5.65. The lowest BCUT2D eigenvalue weighted by Crippen LogP contribution is -2.13. The van der Waals surface area contributed by atoms with E-state index in [1.165, 1.54) is 12.1 Å². The van der Waals surface area contributed by atoms with Gasteiger partial charge in [-0.3, -0.25) is 5.10 Å². The van der Waals surface area contributed by atoms with E-state index in [0.717, 1.165) is 23.1 Å². The molecule has 2 heterocycles. The molecular weight excluding hydrogens is 416 g/mol. The Morgan fingerprint density at radius 2 is 1.81 bits per heavy atom. The van der Waals surface area contributed by atoms with Crippen molar-refractivity contribution >= 4 is 17.7 Å². The molecule has 0 saturated heterocycles. The number of anilines is 3. The molecule has 8 nitrogen and oxygen atoms in total. The number of nitrogens with zero attached hydrogens (tertiary/aromatic N) is 4. The monoisotopic (exact) mass is 437 g/mol. The van der Waals surface area contributed by atoms with Gasteiger partial charge in [-0.25, -0.2) is 8.78 Å². The number of hydrogen-bond donors (Lipinski definition) is 3. The van der Waals surface area contributed by atoms with Gasteiger partial charge in [0.25, 0.3) is 0 Å². The van der Waals surface area contributed by atoms with E-state index in [9.17, 15) is 8.78 Å². The average Bonchev–Trinajstić information content (AvgIpc) is 3.21. The molecule has 164 valence electrons. The molecule has 0 aliphatic carbocycles. The van der Waals surface area contributed by atoms with Crippen LogP contribution in [0.4, 0.5) is 26.5 Å². The van der Waals surface area contributed by atoms with Crippen LogP contribution in [0.2, 0.25) is 0 Å². The molecule has 0 aliphatic heterocycles. The Kier molecular flexibility index (Phi) is 5.93. The fraction of sp³-hybridized carbons (Fsp3) is 0.182. The van der Waals surface area contributed by atoms with E-state index in [1.807, 2.05) is 30.3 Å². The maximum absolute atomic E-state index is 14.1. The molecular formula is C22H21F2N7O. The van der Waals surface area contributed by atoms with Gasteiger partial charge < -0.3 is 15.4 Å². The van der Waals surface area contributed by atoms with Crippen LogP contribution in [0.3, 0.4) is 0 Å². The van der Waals surface area contributed by atoms with Gasteiger partial charge in [0.1, 0.15) is 23.2 Å². The Hall–Kier alpha value is -4.08. The SMILES string of the molecule is COc1cccc(-c2cc(Nc3nc(C)nc(NC(C)c4ccc(F)cc4F)n3)n[nH]2)c1. The summed E-state index contributed by atoms with van der Waals surface area (Å²) >= 11 is 0. The van der Waals surface area contributed by atoms with Gasteiger partial charge in [0.05, 0.1) is 18.8 Å². The Morgan fingerprint density at radius 3 is 2.59 bits per heavy atom. The van der Waals surface area contributed by atoms with Crippen LogP contribution < -0.4 is 15.4 Å². The predicted octanol–water partition coefficient (Wildman–Crippen LogP) is 4.77. The topological polar surface area (TPSA) is 101 Å². The van der Waals surface area contributed by atoms with Crippen LogP contribution in [0, 0.1) is 18.6 Å². The van der Waals surface area contributed by atoms with Crippen LogP contribution in [-0.2, 0) is 0 Å². The summed E-state index contributed by atoms with van der Waals surface area (Å²) in [6.07, 6.45) is 0. The summed E-state index contributed by atoms with van der Waals surface area (Å²) in [5, 5.41) is 13.3. The number of nitrogens with one attached hydrogen (secondary N) is 3. The van der Waals surface area contributed by atoms with Gasteiger partial charge in [0.15, 0.2) is 5.82 Å². The summed E-state index contributed by atoms with van der Waals surface area (Å²) < 4.78 is 32.5. The van der Waals surface area contributed by atoms with Crippen molar-refractivity contribution in [2.24, 2.45) is 0 Å². The highest BCUT2D eigenvalue weighted by Crippen LogP contribution is 2.25. The fourth-order valence-electron chi connectivity index (χ4n) is 3.17. The number of aromatic nitrogens is 5. The molecule has 0 amide bonds. The van der Waals surface area contributed by atoms with E-state index in [4.69, 9.17) is 4.74 Å². The van der Waals surface area contributed by atoms with E-state index in [2.05, 4.69) is 35.8 Å². The summed E-state index contributed by atoms with van der Waals surface area (Å²) in [6, 6.07) is 12.3. The van der Waals surface area contributed by atoms with Gasteiger partial charge in [-0.15, -0.1) is 0 Å². The van der Waals surface area contributed by atoms with Gasteiger partial charge in [-0.1, -0.05) is 18.2 Å². The number of aromatic amines is 1. The molecule has 0 radical (unpaired) electrons. The summed E-state index contributed by atoms with van der Waals surface area (Å²) in [5.41, 5.74) is 2.00. The molecule has 10 heteroatoms. The van der Waals surface area contributed by atoms with Crippen molar-refractivity contribution in [3.05, 3.63) is 71.6 Å². The molecule has 0 bridgehead atoms. The number of benzene rings is 2. The van der Waals surface area contributed by atoms with E-state index in [0.29, 0.717) is 17.2 Å². The minimum atomic E-state index is -0.643. The highest BCUT2D eigenvalue weighted by atomic mass is 19.1. The molecule has 3 N–H and O–H groups in total. The van der Waals surface area contributed by atoms with E-state index in [-0.39, 0.29) is 11.9 Å². The van der Waals surface area contributed by atoms with Gasteiger partial charge in [0.2, 0.25) is 11.9 Å². The zero-order chi connectivity index (χ0) is 22.7. The van der Waals surface area contributed by atoms with E-state index in [1.54, 1.807) is 21.0 Å². The number of halogens is 2. The Balaban J connectivity index is 1.51. The van der Waals surface area contributed by atoms with Gasteiger partial charge in [0, 0.05) is 23.3 Å². The van der Waals surface area contributed by atoms with Crippen molar-refractivity contribution in [3.8, 4) is 17.0 Å². The second kappa shape index (κ2) is 8.96. The van der Waals surface area contributed by atoms with Crippen molar-refractivity contribution in [3.63, 3.8) is 0 Å². The van der Waals surface area contributed by atoms with Crippen molar-refractivity contribution in [2.45, 2.75) is 19.9 Å². The van der Waals surface area contributed by atoms with Crippen molar-refractivity contribution in [1.29, 1.82) is 0 Å². The zero-order valence-electron chi connectivity index (χ0n) is 17.6. The Bertz CT molecular complexity index is 1240. The molecule has 2 aromatic heterocycles. The maximum atomic E-state index is 14.1. The second-order valence-corrected chi connectivity index (χ2v) is 7.09. The molecule has 4 aromatic rings. The van der Waals surface area contributed by atoms with Crippen LogP contribution >= 0.6 is 0 Å². The number of rotatable bonds is 7. The molecule has 0 spiro atoms. The molecule has 0 saturated carbocycles. The van der Waals surface area contributed by atoms with Crippen molar-refractivity contribution in [1.82, 2.24) is 25.1 Å². The smallest absolute Gasteiger partial charge is 0.233 e. The second-order valence-electron chi connectivity index (χ2n) is 7.09. The Labute approximate surface area is 183 Å². The quantitative estimate of drug-likeness (QED) is 0.383. The lowest BCUT2D eigenvalue weighted by molar-refractivity contribution is 0.415. The molecule has 1 atom stereocenters. The number of H-pyrrole nitrogens is 1. The largest absolute Gasteiger partial charge is 0.497 e. The lowest BCUT2D eigenvalue weighted by atomic mass is 10.1. The molecule has 4 rings (SSSR count). The first-order valence-electron chi connectivity index (χ1n) is 9.82. The number of methoxy groups -OCH3 is 1. The lowest BCUT2D eigenvalue weighted by Gasteiger charge is -2.15. The normalized spacial score (nSPS) is 11.8. The molecule has 0 aliphatic rings. The minimum absolute atomic E-state index is 0.250. The number of aryl methyl sites for hydroxylation is 1. The number of hydrogen-bond acceptors (Lipinski definition) is 7. The molecule has 0 fully saturated rings. The molecule has 32 heavy (non-hydrogen) atoms. The fourth-order valence-corrected chi connectivity index (χ4v) is 3.17. The first-order chi connectivity index (χ1) is 15.4. The third-order valence-electron chi connectivity index (χ3n) is 4.72. The predicted molar refractivity (Wildman–Crippen MR) is 117 cm³/mol. The van der Waals surface area contributed by atoms with E-state index >= 15 is 0 Å². The van der Waals surface area contributed by atoms with Crippen molar-refractivity contribution < 1.29 is 13.5 Å². The average molecular weight is 437 g/mol. The first-order valence-corrected chi connectivity index (χ1v) is 9.82. The first kappa shape index (κ1) is 21.2. The summed E-state index contributed by atoms with van der Waals surface area (Å²) in [6.45, 7) is 3.45.